The van der Waals surface area contributed by atoms with E-state index in [1.807, 2.05) is 0 Å². The fraction of sp³-hybridized carbons (Fsp3) is 0.818. The Morgan fingerprint density at radius 2 is 1.76 bits per heavy atom. The molecule has 0 aromatic rings. The highest BCUT2D eigenvalue weighted by Gasteiger charge is 2.08. The van der Waals surface area contributed by atoms with Crippen molar-refractivity contribution in [2.24, 2.45) is 0 Å². The third-order valence-corrected chi connectivity index (χ3v) is 2.15. The summed E-state index contributed by atoms with van der Waals surface area (Å²) in [6.07, 6.45) is 0.273. The second kappa shape index (κ2) is 11.3. The lowest BCUT2D eigenvalue weighted by atomic mass is 10.3. The van der Waals surface area contributed by atoms with Crippen molar-refractivity contribution in [3.05, 3.63) is 0 Å². The minimum atomic E-state index is -0.355. The van der Waals surface area contributed by atoms with E-state index < -0.39 is 0 Å². The third-order valence-electron chi connectivity index (χ3n) is 2.15. The highest BCUT2D eigenvalue weighted by molar-refractivity contribution is 5.69. The van der Waals surface area contributed by atoms with Crippen molar-refractivity contribution < 1.29 is 19.0 Å². The lowest BCUT2D eigenvalue weighted by Gasteiger charge is -2.20. The van der Waals surface area contributed by atoms with Gasteiger partial charge in [-0.1, -0.05) is 0 Å². The van der Waals surface area contributed by atoms with Gasteiger partial charge in [0, 0.05) is 33.9 Å². The van der Waals surface area contributed by atoms with E-state index in [0.717, 1.165) is 13.1 Å². The topological polar surface area (TPSA) is 71.8 Å². The number of rotatable bonds is 10. The van der Waals surface area contributed by atoms with Crippen molar-refractivity contribution in [2.45, 2.75) is 6.42 Å². The maximum absolute atomic E-state index is 11.2. The van der Waals surface area contributed by atoms with E-state index >= 15 is 0 Å². The number of nitriles is 1. The summed E-state index contributed by atoms with van der Waals surface area (Å²) in [6, 6.07) is 1.76. The van der Waals surface area contributed by atoms with Crippen LogP contribution in [0.4, 0.5) is 0 Å². The average Bonchev–Trinajstić information content (AvgIpc) is 2.35. The molecule has 0 radical (unpaired) electrons. The number of hydrogen-bond acceptors (Lipinski definition) is 6. The molecule has 0 spiro atoms. The Balaban J connectivity index is 3.80. The molecule has 0 aromatic carbocycles. The van der Waals surface area contributed by atoms with Crippen molar-refractivity contribution in [3.63, 3.8) is 0 Å². The number of methoxy groups -OCH3 is 2. The molecule has 0 rings (SSSR count). The standard InChI is InChI=1S/C11H20N2O4/c1-15-9-6-13(7-10-16-2)5-3-11(14)17-8-4-12/h3,5-10H2,1-2H3. The molecule has 0 atom stereocenters. The minimum absolute atomic E-state index is 0.186. The Bertz CT molecular complexity index is 232. The zero-order valence-corrected chi connectivity index (χ0v) is 10.5. The third kappa shape index (κ3) is 9.75. The molecular formula is C11H20N2O4. The SMILES string of the molecule is COCCN(CCOC)CCC(=O)OCC#N. The zero-order valence-electron chi connectivity index (χ0n) is 10.5. The van der Waals surface area contributed by atoms with E-state index in [2.05, 4.69) is 9.64 Å². The van der Waals surface area contributed by atoms with Crippen LogP contribution in [0, 0.1) is 11.3 Å². The van der Waals surface area contributed by atoms with E-state index in [0.29, 0.717) is 19.8 Å². The van der Waals surface area contributed by atoms with Gasteiger partial charge in [0.1, 0.15) is 6.07 Å². The molecule has 0 heterocycles. The molecule has 0 unspecified atom stereocenters. The van der Waals surface area contributed by atoms with Gasteiger partial charge in [-0.2, -0.15) is 5.26 Å². The lowest BCUT2D eigenvalue weighted by molar-refractivity contribution is -0.142. The molecule has 17 heavy (non-hydrogen) atoms. The first kappa shape index (κ1) is 15.8. The first-order valence-electron chi connectivity index (χ1n) is 5.47. The van der Waals surface area contributed by atoms with Crippen LogP contribution < -0.4 is 0 Å². The number of carbonyl (C=O) groups is 1. The van der Waals surface area contributed by atoms with Gasteiger partial charge >= 0.3 is 5.97 Å². The number of nitrogens with zero attached hydrogens (tertiary/aromatic N) is 2. The van der Waals surface area contributed by atoms with Gasteiger partial charge < -0.3 is 14.2 Å². The molecule has 0 saturated heterocycles. The maximum atomic E-state index is 11.2. The largest absolute Gasteiger partial charge is 0.450 e. The van der Waals surface area contributed by atoms with Crippen LogP contribution in [0.1, 0.15) is 6.42 Å². The summed E-state index contributed by atoms with van der Waals surface area (Å²) in [5.41, 5.74) is 0. The fourth-order valence-corrected chi connectivity index (χ4v) is 1.21. The van der Waals surface area contributed by atoms with Crippen LogP contribution in [0.5, 0.6) is 0 Å². The highest BCUT2D eigenvalue weighted by Crippen LogP contribution is 1.94. The fourth-order valence-electron chi connectivity index (χ4n) is 1.21. The van der Waals surface area contributed by atoms with Gasteiger partial charge in [-0.3, -0.25) is 9.69 Å². The predicted octanol–water partition coefficient (Wildman–Crippen LogP) is 0.0381. The first-order valence-corrected chi connectivity index (χ1v) is 5.47. The van der Waals surface area contributed by atoms with E-state index in [9.17, 15) is 4.79 Å². The molecular weight excluding hydrogens is 224 g/mol. The Morgan fingerprint density at radius 3 is 2.24 bits per heavy atom. The Kier molecular flexibility index (Phi) is 10.6. The second-order valence-corrected chi connectivity index (χ2v) is 3.40. The number of esters is 1. The van der Waals surface area contributed by atoms with Crippen LogP contribution in [0.2, 0.25) is 0 Å². The van der Waals surface area contributed by atoms with Gasteiger partial charge in [-0.15, -0.1) is 0 Å². The maximum Gasteiger partial charge on any atom is 0.308 e. The molecule has 0 aromatic heterocycles. The summed E-state index contributed by atoms with van der Waals surface area (Å²) in [6.45, 7) is 3.09. The number of hydrogen-bond donors (Lipinski definition) is 0. The predicted molar refractivity (Wildman–Crippen MR) is 61.4 cm³/mol. The zero-order chi connectivity index (χ0) is 12.9. The van der Waals surface area contributed by atoms with Crippen LogP contribution in [0.15, 0.2) is 0 Å². The van der Waals surface area contributed by atoms with E-state index in [4.69, 9.17) is 14.7 Å². The van der Waals surface area contributed by atoms with Crippen molar-refractivity contribution in [1.29, 1.82) is 5.26 Å². The molecule has 0 aliphatic rings. The van der Waals surface area contributed by atoms with Crippen LogP contribution in [0.25, 0.3) is 0 Å². The van der Waals surface area contributed by atoms with Crippen LogP contribution in [0.3, 0.4) is 0 Å². The van der Waals surface area contributed by atoms with Crippen molar-refractivity contribution in [1.82, 2.24) is 4.90 Å². The Hall–Kier alpha value is -1.16. The molecule has 6 nitrogen and oxygen atoms in total. The van der Waals surface area contributed by atoms with E-state index in [1.165, 1.54) is 0 Å². The van der Waals surface area contributed by atoms with Crippen molar-refractivity contribution in [3.8, 4) is 6.07 Å². The quantitative estimate of drug-likeness (QED) is 0.505. The highest BCUT2D eigenvalue weighted by atomic mass is 16.5. The summed E-state index contributed by atoms with van der Waals surface area (Å²) in [7, 11) is 3.27. The van der Waals surface area contributed by atoms with Gasteiger partial charge in [0.15, 0.2) is 6.61 Å². The van der Waals surface area contributed by atoms with E-state index in [1.54, 1.807) is 20.3 Å². The minimum Gasteiger partial charge on any atom is -0.450 e. The van der Waals surface area contributed by atoms with Gasteiger partial charge in [0.05, 0.1) is 19.6 Å². The molecule has 98 valence electrons. The van der Waals surface area contributed by atoms with Gasteiger partial charge in [0.2, 0.25) is 0 Å². The lowest BCUT2D eigenvalue weighted by Crippen LogP contribution is -2.33. The molecule has 6 heteroatoms. The summed E-state index contributed by atoms with van der Waals surface area (Å²) < 4.78 is 14.6. The molecule has 0 saturated carbocycles. The monoisotopic (exact) mass is 244 g/mol. The summed E-state index contributed by atoms with van der Waals surface area (Å²) in [4.78, 5) is 13.2. The van der Waals surface area contributed by atoms with Gasteiger partial charge in [-0.05, 0) is 0 Å². The van der Waals surface area contributed by atoms with Crippen molar-refractivity contribution in [2.75, 3.05) is 53.7 Å². The summed E-state index contributed by atoms with van der Waals surface area (Å²) in [5, 5.41) is 8.25. The molecule has 0 aliphatic carbocycles. The smallest absolute Gasteiger partial charge is 0.308 e. The molecule has 0 fully saturated rings. The van der Waals surface area contributed by atoms with Gasteiger partial charge in [-0.25, -0.2) is 0 Å². The normalized spacial score (nSPS) is 10.2. The Morgan fingerprint density at radius 1 is 1.18 bits per heavy atom. The molecule has 0 N–H and O–H groups in total. The van der Waals surface area contributed by atoms with Crippen LogP contribution in [-0.2, 0) is 19.0 Å². The van der Waals surface area contributed by atoms with Crippen LogP contribution in [-0.4, -0.2) is 64.5 Å². The molecule has 0 bridgehead atoms. The number of carbonyl (C=O) groups excluding carboxylic acids is 1. The average molecular weight is 244 g/mol. The molecule has 0 aliphatic heterocycles. The second-order valence-electron chi connectivity index (χ2n) is 3.40. The van der Waals surface area contributed by atoms with Crippen LogP contribution >= 0.6 is 0 Å². The Labute approximate surface area is 102 Å². The van der Waals surface area contributed by atoms with Crippen molar-refractivity contribution >= 4 is 5.97 Å². The summed E-state index contributed by atoms with van der Waals surface area (Å²) in [5.74, 6) is -0.355. The van der Waals surface area contributed by atoms with E-state index in [-0.39, 0.29) is 19.0 Å². The number of ether oxygens (including phenoxy) is 3. The first-order chi connectivity index (χ1) is 8.24. The summed E-state index contributed by atoms with van der Waals surface area (Å²) >= 11 is 0. The van der Waals surface area contributed by atoms with Gasteiger partial charge in [0.25, 0.3) is 0 Å². The molecule has 0 amide bonds.